The molecule has 5 heteroatoms. The first kappa shape index (κ1) is 13.6. The molecule has 2 rings (SSSR count). The van der Waals surface area contributed by atoms with E-state index in [9.17, 15) is 14.7 Å². The van der Waals surface area contributed by atoms with E-state index in [2.05, 4.69) is 0 Å². The molecular weight excluding hydrogens is 246 g/mol. The van der Waals surface area contributed by atoms with Crippen molar-refractivity contribution in [1.82, 2.24) is 4.90 Å². The van der Waals surface area contributed by atoms with E-state index < -0.39 is 11.5 Å². The Morgan fingerprint density at radius 1 is 1.37 bits per heavy atom. The summed E-state index contributed by atoms with van der Waals surface area (Å²) >= 11 is 0. The van der Waals surface area contributed by atoms with Crippen LogP contribution in [0.5, 0.6) is 0 Å². The molecule has 0 bridgehead atoms. The molecule has 0 spiro atoms. The van der Waals surface area contributed by atoms with Crippen molar-refractivity contribution in [3.05, 3.63) is 23.2 Å². The summed E-state index contributed by atoms with van der Waals surface area (Å²) in [5.41, 5.74) is -0.653. The molecule has 1 fully saturated rings. The Labute approximate surface area is 112 Å². The number of likely N-dealkylation sites (tertiary alicyclic amines) is 1. The highest BCUT2D eigenvalue weighted by molar-refractivity contribution is 5.98. The van der Waals surface area contributed by atoms with Crippen LogP contribution in [0.4, 0.5) is 0 Å². The minimum absolute atomic E-state index is 0.251. The molecule has 0 saturated carbocycles. The molecule has 1 saturated heterocycles. The van der Waals surface area contributed by atoms with Gasteiger partial charge in [-0.25, -0.2) is 4.79 Å². The standard InChI is InChI=1S/C14H19NO4/c1-9-8-11(10(2)19-9)12(16)15-7-5-4-6-14(15,3)13(17)18/h8H,4-7H2,1-3H3,(H,17,18). The summed E-state index contributed by atoms with van der Waals surface area (Å²) in [5, 5.41) is 9.42. The number of aryl methyl sites for hydroxylation is 2. The number of amides is 1. The molecule has 1 aliphatic heterocycles. The number of carboxylic acids is 1. The minimum atomic E-state index is -1.12. The molecule has 1 aromatic heterocycles. The topological polar surface area (TPSA) is 70.8 Å². The molecule has 2 heterocycles. The van der Waals surface area contributed by atoms with E-state index in [1.54, 1.807) is 26.8 Å². The Hall–Kier alpha value is -1.78. The van der Waals surface area contributed by atoms with E-state index in [1.807, 2.05) is 0 Å². The maximum absolute atomic E-state index is 12.6. The summed E-state index contributed by atoms with van der Waals surface area (Å²) in [7, 11) is 0. The number of aliphatic carboxylic acids is 1. The molecule has 1 aromatic rings. The number of furan rings is 1. The van der Waals surface area contributed by atoms with Crippen LogP contribution in [0.3, 0.4) is 0 Å². The second kappa shape index (κ2) is 4.72. The van der Waals surface area contributed by atoms with Gasteiger partial charge in [-0.3, -0.25) is 4.79 Å². The second-order valence-electron chi connectivity index (χ2n) is 5.32. The SMILES string of the molecule is Cc1cc(C(=O)N2CCCCC2(C)C(=O)O)c(C)o1. The van der Waals surface area contributed by atoms with Gasteiger partial charge >= 0.3 is 5.97 Å². The van der Waals surface area contributed by atoms with Gasteiger partial charge in [0.25, 0.3) is 5.91 Å². The lowest BCUT2D eigenvalue weighted by Crippen LogP contribution is -2.57. The average Bonchev–Trinajstić information content (AvgIpc) is 2.68. The van der Waals surface area contributed by atoms with Gasteiger partial charge < -0.3 is 14.4 Å². The van der Waals surface area contributed by atoms with E-state index in [0.29, 0.717) is 30.0 Å². The Bertz CT molecular complexity index is 520. The van der Waals surface area contributed by atoms with E-state index in [-0.39, 0.29) is 5.91 Å². The van der Waals surface area contributed by atoms with Crippen molar-refractivity contribution in [1.29, 1.82) is 0 Å². The molecule has 1 amide bonds. The third-order valence-electron chi connectivity index (χ3n) is 3.87. The second-order valence-corrected chi connectivity index (χ2v) is 5.32. The maximum Gasteiger partial charge on any atom is 0.329 e. The fourth-order valence-electron chi connectivity index (χ4n) is 2.66. The van der Waals surface area contributed by atoms with Gasteiger partial charge in [-0.15, -0.1) is 0 Å². The molecule has 1 unspecified atom stereocenters. The van der Waals surface area contributed by atoms with Crippen LogP contribution in [0.25, 0.3) is 0 Å². The number of piperidine rings is 1. The molecule has 104 valence electrons. The highest BCUT2D eigenvalue weighted by atomic mass is 16.4. The molecule has 0 aliphatic carbocycles. The highest BCUT2D eigenvalue weighted by Gasteiger charge is 2.44. The van der Waals surface area contributed by atoms with Gasteiger partial charge in [-0.2, -0.15) is 0 Å². The first-order valence-corrected chi connectivity index (χ1v) is 6.48. The van der Waals surface area contributed by atoms with Crippen molar-refractivity contribution >= 4 is 11.9 Å². The molecule has 0 radical (unpaired) electrons. The van der Waals surface area contributed by atoms with Crippen molar-refractivity contribution in [3.8, 4) is 0 Å². The lowest BCUT2D eigenvalue weighted by atomic mass is 9.88. The maximum atomic E-state index is 12.6. The molecule has 5 nitrogen and oxygen atoms in total. The summed E-state index contributed by atoms with van der Waals surface area (Å²) < 4.78 is 5.36. The molecule has 0 aromatic carbocycles. The van der Waals surface area contributed by atoms with E-state index in [4.69, 9.17) is 4.42 Å². The number of carbonyl (C=O) groups is 2. The van der Waals surface area contributed by atoms with Crippen LogP contribution >= 0.6 is 0 Å². The van der Waals surface area contributed by atoms with Gasteiger partial charge in [-0.05, 0) is 46.1 Å². The number of nitrogens with zero attached hydrogens (tertiary/aromatic N) is 1. The minimum Gasteiger partial charge on any atom is -0.480 e. The molecule has 1 aliphatic rings. The summed E-state index contributed by atoms with van der Waals surface area (Å²) in [6.45, 7) is 5.60. The predicted octanol–water partition coefficient (Wildman–Crippen LogP) is 2.37. The van der Waals surface area contributed by atoms with Crippen LogP contribution in [-0.4, -0.2) is 34.0 Å². The Balaban J connectivity index is 2.36. The zero-order valence-corrected chi connectivity index (χ0v) is 11.5. The third kappa shape index (κ3) is 2.25. The number of hydrogen-bond donors (Lipinski definition) is 1. The van der Waals surface area contributed by atoms with Gasteiger partial charge in [0.05, 0.1) is 5.56 Å². The van der Waals surface area contributed by atoms with Crippen LogP contribution in [0.15, 0.2) is 10.5 Å². The van der Waals surface area contributed by atoms with Crippen molar-refractivity contribution in [2.24, 2.45) is 0 Å². The van der Waals surface area contributed by atoms with E-state index in [0.717, 1.165) is 12.8 Å². The number of carboxylic acid groups (broad SMARTS) is 1. The summed E-state index contributed by atoms with van der Waals surface area (Å²) in [4.78, 5) is 25.5. The third-order valence-corrected chi connectivity index (χ3v) is 3.87. The first-order valence-electron chi connectivity index (χ1n) is 6.48. The van der Waals surface area contributed by atoms with Gasteiger partial charge in [-0.1, -0.05) is 0 Å². The lowest BCUT2D eigenvalue weighted by Gasteiger charge is -2.41. The summed E-state index contributed by atoms with van der Waals surface area (Å²) in [5.74, 6) is 0.00747. The summed E-state index contributed by atoms with van der Waals surface area (Å²) in [6.07, 6.45) is 2.16. The quantitative estimate of drug-likeness (QED) is 0.891. The van der Waals surface area contributed by atoms with E-state index in [1.165, 1.54) is 4.90 Å². The Morgan fingerprint density at radius 2 is 2.05 bits per heavy atom. The molecule has 1 N–H and O–H groups in total. The van der Waals surface area contributed by atoms with Crippen molar-refractivity contribution in [2.75, 3.05) is 6.54 Å². The fourth-order valence-corrected chi connectivity index (χ4v) is 2.66. The van der Waals surface area contributed by atoms with Gasteiger partial charge in [0.2, 0.25) is 0 Å². The number of rotatable bonds is 2. The fraction of sp³-hybridized carbons (Fsp3) is 0.571. The highest BCUT2D eigenvalue weighted by Crippen LogP contribution is 2.30. The van der Waals surface area contributed by atoms with Crippen molar-refractivity contribution in [2.45, 2.75) is 45.6 Å². The smallest absolute Gasteiger partial charge is 0.329 e. The number of carbonyl (C=O) groups excluding carboxylic acids is 1. The van der Waals surface area contributed by atoms with Crippen LogP contribution in [-0.2, 0) is 4.79 Å². The summed E-state index contributed by atoms with van der Waals surface area (Å²) in [6, 6.07) is 1.68. The monoisotopic (exact) mass is 265 g/mol. The average molecular weight is 265 g/mol. The molecular formula is C14H19NO4. The normalized spacial score (nSPS) is 23.4. The van der Waals surface area contributed by atoms with Gasteiger partial charge in [0.1, 0.15) is 17.1 Å². The van der Waals surface area contributed by atoms with Crippen LogP contribution in [0, 0.1) is 13.8 Å². The Morgan fingerprint density at radius 3 is 2.58 bits per heavy atom. The number of hydrogen-bond acceptors (Lipinski definition) is 3. The first-order chi connectivity index (χ1) is 8.86. The molecule has 19 heavy (non-hydrogen) atoms. The van der Waals surface area contributed by atoms with Crippen LogP contribution in [0.2, 0.25) is 0 Å². The lowest BCUT2D eigenvalue weighted by molar-refractivity contribution is -0.150. The largest absolute Gasteiger partial charge is 0.480 e. The van der Waals surface area contributed by atoms with Gasteiger partial charge in [0, 0.05) is 6.54 Å². The van der Waals surface area contributed by atoms with Gasteiger partial charge in [0.15, 0.2) is 0 Å². The van der Waals surface area contributed by atoms with Crippen molar-refractivity contribution < 1.29 is 19.1 Å². The van der Waals surface area contributed by atoms with Crippen LogP contribution in [0.1, 0.15) is 48.1 Å². The van der Waals surface area contributed by atoms with Crippen LogP contribution < -0.4 is 0 Å². The van der Waals surface area contributed by atoms with Crippen molar-refractivity contribution in [3.63, 3.8) is 0 Å². The molecule has 1 atom stereocenters. The van der Waals surface area contributed by atoms with E-state index >= 15 is 0 Å². The predicted molar refractivity (Wildman–Crippen MR) is 69.1 cm³/mol. The zero-order chi connectivity index (χ0) is 14.2. The Kier molecular flexibility index (Phi) is 3.39. The zero-order valence-electron chi connectivity index (χ0n) is 11.5.